The van der Waals surface area contributed by atoms with Crippen molar-refractivity contribution >= 4 is 44.9 Å². The Morgan fingerprint density at radius 1 is 1.12 bits per heavy atom. The number of hydrogen-bond donors (Lipinski definition) is 2. The quantitative estimate of drug-likeness (QED) is 0.811. The summed E-state index contributed by atoms with van der Waals surface area (Å²) >= 11 is 5.77. The van der Waals surface area contributed by atoms with Gasteiger partial charge < -0.3 is 10.0 Å². The molecule has 1 saturated heterocycles. The van der Waals surface area contributed by atoms with E-state index in [1.807, 2.05) is 0 Å². The molecule has 1 amide bonds. The van der Waals surface area contributed by atoms with E-state index in [2.05, 4.69) is 4.72 Å². The molecule has 1 aliphatic heterocycles. The van der Waals surface area contributed by atoms with Crippen molar-refractivity contribution in [3.8, 4) is 0 Å². The van der Waals surface area contributed by atoms with Gasteiger partial charge >= 0.3 is 5.97 Å². The number of benzene rings is 2. The predicted octanol–water partition coefficient (Wildman–Crippen LogP) is 2.58. The molecule has 1 unspecified atom stereocenters. The highest BCUT2D eigenvalue weighted by molar-refractivity contribution is 7.92. The van der Waals surface area contributed by atoms with Gasteiger partial charge in [0.25, 0.3) is 10.0 Å². The molecular formula is C17H15ClN2O5S. The zero-order valence-corrected chi connectivity index (χ0v) is 15.0. The second kappa shape index (κ2) is 6.97. The fourth-order valence-electron chi connectivity index (χ4n) is 2.66. The summed E-state index contributed by atoms with van der Waals surface area (Å²) in [5, 5.41) is 9.52. The van der Waals surface area contributed by atoms with Gasteiger partial charge in [-0.3, -0.25) is 14.3 Å². The third-order valence-electron chi connectivity index (χ3n) is 4.03. The van der Waals surface area contributed by atoms with Gasteiger partial charge in [0.1, 0.15) is 0 Å². The van der Waals surface area contributed by atoms with Crippen LogP contribution in [0.2, 0.25) is 5.02 Å². The van der Waals surface area contributed by atoms with Gasteiger partial charge in [0.15, 0.2) is 0 Å². The molecular weight excluding hydrogens is 380 g/mol. The third kappa shape index (κ3) is 3.81. The minimum atomic E-state index is -3.79. The largest absolute Gasteiger partial charge is 0.481 e. The Kier molecular flexibility index (Phi) is 4.88. The van der Waals surface area contributed by atoms with Crippen molar-refractivity contribution in [3.63, 3.8) is 0 Å². The molecule has 0 saturated carbocycles. The number of rotatable bonds is 5. The molecule has 1 aliphatic rings. The first-order chi connectivity index (χ1) is 12.3. The number of anilines is 2. The number of aliphatic carboxylic acids is 1. The number of hydrogen-bond acceptors (Lipinski definition) is 4. The number of sulfonamides is 1. The summed E-state index contributed by atoms with van der Waals surface area (Å²) in [6.07, 6.45) is -0.0620. The standard InChI is InChI=1S/C17H15ClN2O5S/c18-12-1-3-13(4-2-12)19-26(24,25)15-7-5-14(6-8-15)20-10-11(17(22)23)9-16(20)21/h1-8,11,19H,9-10H2,(H,22,23). The number of amides is 1. The summed E-state index contributed by atoms with van der Waals surface area (Å²) in [6.45, 7) is 0.0727. The molecule has 2 N–H and O–H groups in total. The summed E-state index contributed by atoms with van der Waals surface area (Å²) in [5.74, 6) is -2.07. The molecule has 0 aromatic heterocycles. The van der Waals surface area contributed by atoms with Crippen molar-refractivity contribution in [2.45, 2.75) is 11.3 Å². The second-order valence-electron chi connectivity index (χ2n) is 5.85. The second-order valence-corrected chi connectivity index (χ2v) is 7.97. The summed E-state index contributed by atoms with van der Waals surface area (Å²) < 4.78 is 27.3. The van der Waals surface area contributed by atoms with Gasteiger partial charge in [-0.25, -0.2) is 8.42 Å². The van der Waals surface area contributed by atoms with Crippen LogP contribution in [0.1, 0.15) is 6.42 Å². The van der Waals surface area contributed by atoms with Gasteiger partial charge in [0.2, 0.25) is 5.91 Å². The molecule has 1 fully saturated rings. The van der Waals surface area contributed by atoms with Crippen LogP contribution >= 0.6 is 11.6 Å². The topological polar surface area (TPSA) is 104 Å². The van der Waals surface area contributed by atoms with E-state index in [0.717, 1.165) is 0 Å². The van der Waals surface area contributed by atoms with Crippen LogP contribution < -0.4 is 9.62 Å². The molecule has 0 aliphatic carbocycles. The fourth-order valence-corrected chi connectivity index (χ4v) is 3.84. The Balaban J connectivity index is 1.77. The molecule has 9 heteroatoms. The van der Waals surface area contributed by atoms with Gasteiger partial charge in [0, 0.05) is 29.4 Å². The van der Waals surface area contributed by atoms with Crippen LogP contribution in [0, 0.1) is 5.92 Å². The highest BCUT2D eigenvalue weighted by Gasteiger charge is 2.35. The van der Waals surface area contributed by atoms with Crippen molar-refractivity contribution in [2.24, 2.45) is 5.92 Å². The van der Waals surface area contributed by atoms with E-state index < -0.39 is 21.9 Å². The number of carboxylic acid groups (broad SMARTS) is 1. The lowest BCUT2D eigenvalue weighted by Gasteiger charge is -2.16. The Bertz CT molecular complexity index is 942. The van der Waals surface area contributed by atoms with Gasteiger partial charge in [-0.15, -0.1) is 0 Å². The highest BCUT2D eigenvalue weighted by Crippen LogP contribution is 2.27. The monoisotopic (exact) mass is 394 g/mol. The Hall–Kier alpha value is -2.58. The zero-order chi connectivity index (χ0) is 18.9. The number of carbonyl (C=O) groups excluding carboxylic acids is 1. The lowest BCUT2D eigenvalue weighted by Crippen LogP contribution is -2.25. The van der Waals surface area contributed by atoms with Crippen molar-refractivity contribution in [1.29, 1.82) is 0 Å². The van der Waals surface area contributed by atoms with Crippen LogP contribution in [0.15, 0.2) is 53.4 Å². The van der Waals surface area contributed by atoms with Crippen LogP contribution in [0.25, 0.3) is 0 Å². The Morgan fingerprint density at radius 2 is 1.73 bits per heavy atom. The SMILES string of the molecule is O=C(O)C1CC(=O)N(c2ccc(S(=O)(=O)Nc3ccc(Cl)cc3)cc2)C1. The smallest absolute Gasteiger partial charge is 0.308 e. The van der Waals surface area contributed by atoms with E-state index in [9.17, 15) is 18.0 Å². The van der Waals surface area contributed by atoms with Crippen molar-refractivity contribution in [2.75, 3.05) is 16.2 Å². The maximum Gasteiger partial charge on any atom is 0.308 e. The van der Waals surface area contributed by atoms with E-state index >= 15 is 0 Å². The third-order valence-corrected chi connectivity index (χ3v) is 5.68. The van der Waals surface area contributed by atoms with Crippen LogP contribution in [0.5, 0.6) is 0 Å². The summed E-state index contributed by atoms with van der Waals surface area (Å²) in [7, 11) is -3.79. The lowest BCUT2D eigenvalue weighted by molar-refractivity contribution is -0.141. The van der Waals surface area contributed by atoms with Crippen LogP contribution in [0.4, 0.5) is 11.4 Å². The van der Waals surface area contributed by atoms with Gasteiger partial charge in [-0.1, -0.05) is 11.6 Å². The van der Waals surface area contributed by atoms with Crippen molar-refractivity contribution in [1.82, 2.24) is 0 Å². The lowest BCUT2D eigenvalue weighted by atomic mass is 10.1. The normalized spacial score (nSPS) is 17.3. The molecule has 7 nitrogen and oxygen atoms in total. The first kappa shape index (κ1) is 18.2. The summed E-state index contributed by atoms with van der Waals surface area (Å²) in [6, 6.07) is 11.9. The fraction of sp³-hybridized carbons (Fsp3) is 0.176. The first-order valence-corrected chi connectivity index (χ1v) is 9.54. The molecule has 0 bridgehead atoms. The van der Waals surface area contributed by atoms with Gasteiger partial charge in [0.05, 0.1) is 10.8 Å². The number of carbonyl (C=O) groups is 2. The van der Waals surface area contributed by atoms with E-state index in [1.165, 1.54) is 29.2 Å². The number of halogens is 1. The number of nitrogens with zero attached hydrogens (tertiary/aromatic N) is 1. The molecule has 3 rings (SSSR count). The average molecular weight is 395 g/mol. The van der Waals surface area contributed by atoms with E-state index in [-0.39, 0.29) is 23.8 Å². The minimum Gasteiger partial charge on any atom is -0.481 e. The Morgan fingerprint density at radius 3 is 2.27 bits per heavy atom. The van der Waals surface area contributed by atoms with Gasteiger partial charge in [-0.2, -0.15) is 0 Å². The molecule has 136 valence electrons. The molecule has 0 spiro atoms. The van der Waals surface area contributed by atoms with Crippen LogP contribution in [-0.2, 0) is 19.6 Å². The van der Waals surface area contributed by atoms with Crippen LogP contribution in [0.3, 0.4) is 0 Å². The minimum absolute atomic E-state index is 0.0256. The molecule has 2 aromatic rings. The molecule has 0 radical (unpaired) electrons. The summed E-state index contributed by atoms with van der Waals surface area (Å²) in [5.41, 5.74) is 0.835. The Labute approximate surface area is 155 Å². The molecule has 1 atom stereocenters. The number of nitrogens with one attached hydrogen (secondary N) is 1. The van der Waals surface area contributed by atoms with Crippen molar-refractivity contribution in [3.05, 3.63) is 53.6 Å². The molecule has 1 heterocycles. The van der Waals surface area contributed by atoms with E-state index in [1.54, 1.807) is 24.3 Å². The maximum absolute atomic E-state index is 12.4. The zero-order valence-electron chi connectivity index (χ0n) is 13.4. The van der Waals surface area contributed by atoms with Crippen LogP contribution in [-0.4, -0.2) is 31.9 Å². The number of carboxylic acids is 1. The summed E-state index contributed by atoms with van der Waals surface area (Å²) in [4.78, 5) is 24.4. The van der Waals surface area contributed by atoms with Crippen molar-refractivity contribution < 1.29 is 23.1 Å². The highest BCUT2D eigenvalue weighted by atomic mass is 35.5. The predicted molar refractivity (Wildman–Crippen MR) is 96.8 cm³/mol. The van der Waals surface area contributed by atoms with Gasteiger partial charge in [-0.05, 0) is 48.5 Å². The van der Waals surface area contributed by atoms with E-state index in [0.29, 0.717) is 16.4 Å². The average Bonchev–Trinajstić information content (AvgIpc) is 2.99. The van der Waals surface area contributed by atoms with E-state index in [4.69, 9.17) is 16.7 Å². The maximum atomic E-state index is 12.4. The molecule has 2 aromatic carbocycles. The first-order valence-electron chi connectivity index (χ1n) is 7.68. The molecule has 26 heavy (non-hydrogen) atoms.